The topological polar surface area (TPSA) is 20.3 Å². The lowest BCUT2D eigenvalue weighted by atomic mass is 9.95. The first-order valence-corrected chi connectivity index (χ1v) is 8.98. The molecule has 2 fully saturated rings. The van der Waals surface area contributed by atoms with Crippen LogP contribution >= 0.6 is 27.7 Å². The van der Waals surface area contributed by atoms with Crippen LogP contribution < -0.4 is 0 Å². The summed E-state index contributed by atoms with van der Waals surface area (Å²) < 4.78 is 0. The van der Waals surface area contributed by atoms with Crippen molar-refractivity contribution in [3.8, 4) is 0 Å². The van der Waals surface area contributed by atoms with Gasteiger partial charge in [0.2, 0.25) is 5.91 Å². The summed E-state index contributed by atoms with van der Waals surface area (Å²) in [4.78, 5) is 14.3. The maximum Gasteiger partial charge on any atom is 0.222 e. The number of carbonyl (C=O) groups excluding carboxylic acids is 1. The molecular formula is C13H22BrNOS. The molecule has 1 atom stereocenters. The Labute approximate surface area is 117 Å². The van der Waals surface area contributed by atoms with Gasteiger partial charge in [-0.05, 0) is 49.0 Å². The largest absolute Gasteiger partial charge is 0.342 e. The molecule has 4 heteroatoms. The number of hydrogen-bond acceptors (Lipinski definition) is 2. The molecule has 2 aliphatic heterocycles. The van der Waals surface area contributed by atoms with E-state index in [9.17, 15) is 4.79 Å². The second-order valence-electron chi connectivity index (χ2n) is 5.26. The molecular weight excluding hydrogens is 298 g/mol. The van der Waals surface area contributed by atoms with Crippen molar-refractivity contribution in [1.29, 1.82) is 0 Å². The molecule has 0 saturated carbocycles. The number of halogens is 1. The minimum absolute atomic E-state index is 0.410. The highest BCUT2D eigenvalue weighted by molar-refractivity contribution is 9.09. The van der Waals surface area contributed by atoms with Crippen LogP contribution in [0.1, 0.15) is 32.1 Å². The first-order chi connectivity index (χ1) is 8.29. The van der Waals surface area contributed by atoms with Crippen molar-refractivity contribution in [2.75, 3.05) is 29.9 Å². The van der Waals surface area contributed by atoms with Crippen molar-refractivity contribution in [2.24, 2.45) is 11.8 Å². The van der Waals surface area contributed by atoms with Crippen LogP contribution in [0.2, 0.25) is 0 Å². The maximum absolute atomic E-state index is 12.2. The van der Waals surface area contributed by atoms with Gasteiger partial charge in [0.1, 0.15) is 0 Å². The van der Waals surface area contributed by atoms with Gasteiger partial charge in [-0.2, -0.15) is 11.8 Å². The van der Waals surface area contributed by atoms with Crippen LogP contribution in [0.4, 0.5) is 0 Å². The lowest BCUT2D eigenvalue weighted by molar-refractivity contribution is -0.133. The SMILES string of the molecule is O=C(CC1CCSCC1)N1CCCC(CBr)C1. The molecule has 1 unspecified atom stereocenters. The maximum atomic E-state index is 12.2. The standard InChI is InChI=1S/C13H22BrNOS/c14-9-12-2-1-5-15(10-12)13(16)8-11-3-6-17-7-4-11/h11-12H,1-10H2. The zero-order valence-electron chi connectivity index (χ0n) is 10.4. The summed E-state index contributed by atoms with van der Waals surface area (Å²) in [6, 6.07) is 0. The van der Waals surface area contributed by atoms with Gasteiger partial charge in [0, 0.05) is 24.8 Å². The lowest BCUT2D eigenvalue weighted by Gasteiger charge is -2.33. The Hall–Kier alpha value is 0.300. The molecule has 17 heavy (non-hydrogen) atoms. The number of amides is 1. The monoisotopic (exact) mass is 319 g/mol. The van der Waals surface area contributed by atoms with E-state index in [-0.39, 0.29) is 0 Å². The summed E-state index contributed by atoms with van der Waals surface area (Å²) in [6.07, 6.45) is 5.74. The summed E-state index contributed by atoms with van der Waals surface area (Å²) in [5.74, 6) is 4.25. The van der Waals surface area contributed by atoms with E-state index >= 15 is 0 Å². The summed E-state index contributed by atoms with van der Waals surface area (Å²) in [6.45, 7) is 1.97. The second-order valence-corrected chi connectivity index (χ2v) is 7.13. The fourth-order valence-electron chi connectivity index (χ4n) is 2.74. The predicted molar refractivity (Wildman–Crippen MR) is 77.8 cm³/mol. The fraction of sp³-hybridized carbons (Fsp3) is 0.923. The van der Waals surface area contributed by atoms with Gasteiger partial charge >= 0.3 is 0 Å². The van der Waals surface area contributed by atoms with Gasteiger partial charge in [0.15, 0.2) is 0 Å². The number of piperidine rings is 1. The van der Waals surface area contributed by atoms with Crippen LogP contribution in [-0.2, 0) is 4.79 Å². The van der Waals surface area contributed by atoms with Crippen LogP contribution in [0, 0.1) is 11.8 Å². The summed E-state index contributed by atoms with van der Waals surface area (Å²) >= 11 is 5.58. The first-order valence-electron chi connectivity index (χ1n) is 6.71. The Morgan fingerprint density at radius 2 is 2.00 bits per heavy atom. The number of rotatable bonds is 3. The summed E-state index contributed by atoms with van der Waals surface area (Å²) in [5, 5.41) is 1.04. The van der Waals surface area contributed by atoms with Crippen LogP contribution in [0.15, 0.2) is 0 Å². The molecule has 0 N–H and O–H groups in total. The number of alkyl halides is 1. The molecule has 2 heterocycles. The Kier molecular flexibility index (Phi) is 5.67. The van der Waals surface area contributed by atoms with Crippen molar-refractivity contribution in [1.82, 2.24) is 4.90 Å². The van der Waals surface area contributed by atoms with Crippen molar-refractivity contribution < 1.29 is 4.79 Å². The van der Waals surface area contributed by atoms with Crippen LogP contribution in [0.3, 0.4) is 0 Å². The van der Waals surface area contributed by atoms with E-state index in [0.717, 1.165) is 24.8 Å². The molecule has 0 aromatic heterocycles. The van der Waals surface area contributed by atoms with Gasteiger partial charge in [-0.15, -0.1) is 0 Å². The third kappa shape index (κ3) is 4.16. The van der Waals surface area contributed by atoms with Crippen molar-refractivity contribution in [3.63, 3.8) is 0 Å². The van der Waals surface area contributed by atoms with Gasteiger partial charge in [-0.25, -0.2) is 0 Å². The Balaban J connectivity index is 1.78. The van der Waals surface area contributed by atoms with E-state index in [0.29, 0.717) is 17.7 Å². The quantitative estimate of drug-likeness (QED) is 0.745. The molecule has 0 bridgehead atoms. The molecule has 1 amide bonds. The number of carbonyl (C=O) groups is 1. The highest BCUT2D eigenvalue weighted by Gasteiger charge is 2.25. The zero-order chi connectivity index (χ0) is 12.1. The van der Waals surface area contributed by atoms with E-state index in [1.54, 1.807) is 0 Å². The van der Waals surface area contributed by atoms with Crippen LogP contribution in [0.25, 0.3) is 0 Å². The summed E-state index contributed by atoms with van der Waals surface area (Å²) in [7, 11) is 0. The molecule has 0 aromatic rings. The minimum atomic E-state index is 0.410. The molecule has 2 saturated heterocycles. The smallest absolute Gasteiger partial charge is 0.222 e. The van der Waals surface area contributed by atoms with Gasteiger partial charge in [0.05, 0.1) is 0 Å². The van der Waals surface area contributed by atoms with Crippen molar-refractivity contribution >= 4 is 33.6 Å². The number of likely N-dealkylation sites (tertiary alicyclic amines) is 1. The predicted octanol–water partition coefficient (Wildman–Crippen LogP) is 3.15. The molecule has 0 spiro atoms. The van der Waals surface area contributed by atoms with Crippen LogP contribution in [0.5, 0.6) is 0 Å². The molecule has 98 valence electrons. The Bertz CT molecular complexity index is 256. The molecule has 0 radical (unpaired) electrons. The van der Waals surface area contributed by atoms with Gasteiger partial charge in [0.25, 0.3) is 0 Å². The molecule has 0 aromatic carbocycles. The summed E-state index contributed by atoms with van der Waals surface area (Å²) in [5.41, 5.74) is 0. The number of thioether (sulfide) groups is 1. The van der Waals surface area contributed by atoms with E-state index in [2.05, 4.69) is 20.8 Å². The first kappa shape index (κ1) is 13.7. The number of nitrogens with zero attached hydrogens (tertiary/aromatic N) is 1. The fourth-order valence-corrected chi connectivity index (χ4v) is 4.48. The Morgan fingerprint density at radius 3 is 2.71 bits per heavy atom. The lowest BCUT2D eigenvalue weighted by Crippen LogP contribution is -2.41. The minimum Gasteiger partial charge on any atom is -0.342 e. The third-order valence-electron chi connectivity index (χ3n) is 3.89. The van der Waals surface area contributed by atoms with E-state index in [4.69, 9.17) is 0 Å². The van der Waals surface area contributed by atoms with Crippen molar-refractivity contribution in [2.45, 2.75) is 32.1 Å². The van der Waals surface area contributed by atoms with Crippen LogP contribution in [-0.4, -0.2) is 40.7 Å². The van der Waals surface area contributed by atoms with E-state index < -0.39 is 0 Å². The van der Waals surface area contributed by atoms with Gasteiger partial charge < -0.3 is 4.90 Å². The zero-order valence-corrected chi connectivity index (χ0v) is 12.8. The molecule has 2 rings (SSSR count). The van der Waals surface area contributed by atoms with E-state index in [1.165, 1.54) is 37.2 Å². The molecule has 2 aliphatic rings. The number of hydrogen-bond donors (Lipinski definition) is 0. The van der Waals surface area contributed by atoms with Crippen molar-refractivity contribution in [3.05, 3.63) is 0 Å². The second kappa shape index (κ2) is 7.03. The van der Waals surface area contributed by atoms with Gasteiger partial charge in [-0.3, -0.25) is 4.79 Å². The third-order valence-corrected chi connectivity index (χ3v) is 5.86. The highest BCUT2D eigenvalue weighted by atomic mass is 79.9. The average molecular weight is 320 g/mol. The van der Waals surface area contributed by atoms with Gasteiger partial charge in [-0.1, -0.05) is 15.9 Å². The normalized spacial score (nSPS) is 27.1. The molecule has 2 nitrogen and oxygen atoms in total. The molecule has 0 aliphatic carbocycles. The average Bonchev–Trinajstić information content (AvgIpc) is 2.40. The Morgan fingerprint density at radius 1 is 1.24 bits per heavy atom. The van der Waals surface area contributed by atoms with E-state index in [1.807, 2.05) is 11.8 Å². The highest BCUT2D eigenvalue weighted by Crippen LogP contribution is 2.27.